The fraction of sp³-hybridized carbons (Fsp3) is 0.500. The van der Waals surface area contributed by atoms with Gasteiger partial charge in [-0.15, -0.1) is 0 Å². The number of imidazole rings is 1. The summed E-state index contributed by atoms with van der Waals surface area (Å²) in [5.74, 6) is 0.171. The molecule has 2 saturated heterocycles. The molecule has 0 bridgehead atoms. The first-order valence-corrected chi connectivity index (χ1v) is 12.5. The van der Waals surface area contributed by atoms with E-state index in [1.807, 2.05) is 17.0 Å². The number of nitrogens with one attached hydrogen (secondary N) is 1. The molecule has 5 rings (SSSR count). The number of rotatable bonds is 4. The number of aromatic nitrogens is 3. The van der Waals surface area contributed by atoms with Gasteiger partial charge < -0.3 is 9.88 Å². The van der Waals surface area contributed by atoms with Crippen molar-refractivity contribution in [3.05, 3.63) is 64.3 Å². The molecule has 0 radical (unpaired) electrons. The van der Waals surface area contributed by atoms with Crippen LogP contribution in [0.4, 0.5) is 13.2 Å². The van der Waals surface area contributed by atoms with Crippen LogP contribution in [0.3, 0.4) is 0 Å². The third-order valence-corrected chi connectivity index (χ3v) is 7.80. The molecule has 2 aliphatic rings. The molecule has 4 heterocycles. The van der Waals surface area contributed by atoms with Gasteiger partial charge in [0.1, 0.15) is 0 Å². The van der Waals surface area contributed by atoms with Crippen LogP contribution in [0.5, 0.6) is 0 Å². The van der Waals surface area contributed by atoms with Crippen molar-refractivity contribution in [3.63, 3.8) is 0 Å². The number of amides is 1. The van der Waals surface area contributed by atoms with Gasteiger partial charge in [0.2, 0.25) is 5.91 Å². The zero-order valence-electron chi connectivity index (χ0n) is 20.2. The number of halogens is 3. The molecule has 2 aliphatic heterocycles. The van der Waals surface area contributed by atoms with Crippen molar-refractivity contribution in [1.29, 1.82) is 0 Å². The summed E-state index contributed by atoms with van der Waals surface area (Å²) in [4.78, 5) is 36.8. The average Bonchev–Trinajstić information content (AvgIpc) is 3.23. The molecule has 1 amide bonds. The zero-order valence-corrected chi connectivity index (χ0v) is 20.2. The summed E-state index contributed by atoms with van der Waals surface area (Å²) in [6.45, 7) is 4.98. The Kier molecular flexibility index (Phi) is 6.63. The third kappa shape index (κ3) is 4.78. The van der Waals surface area contributed by atoms with E-state index in [-0.39, 0.29) is 29.4 Å². The summed E-state index contributed by atoms with van der Waals surface area (Å²) in [5, 5.41) is 0. The van der Waals surface area contributed by atoms with E-state index in [0.29, 0.717) is 31.4 Å². The number of benzene rings is 1. The highest BCUT2D eigenvalue weighted by Crippen LogP contribution is 2.33. The molecule has 2 aromatic heterocycles. The van der Waals surface area contributed by atoms with Crippen LogP contribution >= 0.6 is 0 Å². The molecule has 7 nitrogen and oxygen atoms in total. The van der Waals surface area contributed by atoms with Gasteiger partial charge in [0.25, 0.3) is 0 Å². The predicted molar refractivity (Wildman–Crippen MR) is 129 cm³/mol. The van der Waals surface area contributed by atoms with E-state index in [1.165, 1.54) is 11.6 Å². The second kappa shape index (κ2) is 9.72. The van der Waals surface area contributed by atoms with Crippen molar-refractivity contribution in [2.75, 3.05) is 26.2 Å². The second-order valence-corrected chi connectivity index (χ2v) is 9.85. The maximum absolute atomic E-state index is 13.2. The van der Waals surface area contributed by atoms with Crippen LogP contribution in [-0.2, 0) is 11.0 Å². The summed E-state index contributed by atoms with van der Waals surface area (Å²) < 4.78 is 40.7. The average molecular weight is 502 g/mol. The van der Waals surface area contributed by atoms with Crippen molar-refractivity contribution in [2.45, 2.75) is 50.9 Å². The number of hydrogen-bond donors (Lipinski definition) is 1. The molecule has 0 aliphatic carbocycles. The molecular weight excluding hydrogens is 471 g/mol. The van der Waals surface area contributed by atoms with E-state index in [4.69, 9.17) is 0 Å². The first-order valence-electron chi connectivity index (χ1n) is 12.5. The monoisotopic (exact) mass is 501 g/mol. The maximum atomic E-state index is 13.2. The maximum Gasteiger partial charge on any atom is 0.416 e. The van der Waals surface area contributed by atoms with Crippen LogP contribution in [0.1, 0.15) is 55.8 Å². The summed E-state index contributed by atoms with van der Waals surface area (Å²) in [6, 6.07) is 7.52. The second-order valence-electron chi connectivity index (χ2n) is 9.85. The van der Waals surface area contributed by atoms with Gasteiger partial charge in [-0.2, -0.15) is 13.2 Å². The number of pyridine rings is 1. The lowest BCUT2D eigenvalue weighted by molar-refractivity contribution is -0.139. The van der Waals surface area contributed by atoms with Crippen molar-refractivity contribution >= 4 is 16.9 Å². The molecule has 0 spiro atoms. The fourth-order valence-corrected chi connectivity index (χ4v) is 5.66. The molecule has 1 N–H and O–H groups in total. The Morgan fingerprint density at radius 3 is 2.33 bits per heavy atom. The summed E-state index contributed by atoms with van der Waals surface area (Å²) in [5.41, 5.74) is 0.670. The number of likely N-dealkylation sites (tertiary alicyclic amines) is 2. The highest BCUT2D eigenvalue weighted by atomic mass is 19.4. The zero-order chi connectivity index (χ0) is 25.4. The molecule has 3 aromatic rings. The summed E-state index contributed by atoms with van der Waals surface area (Å²) in [7, 11) is 0. The van der Waals surface area contributed by atoms with Crippen molar-refractivity contribution in [2.24, 2.45) is 5.92 Å². The molecule has 0 saturated carbocycles. The molecule has 1 atom stereocenters. The van der Waals surface area contributed by atoms with Gasteiger partial charge in [-0.1, -0.05) is 0 Å². The van der Waals surface area contributed by atoms with Crippen LogP contribution in [0.2, 0.25) is 0 Å². The Balaban J connectivity index is 1.19. The van der Waals surface area contributed by atoms with Crippen molar-refractivity contribution in [1.82, 2.24) is 24.3 Å². The Morgan fingerprint density at radius 2 is 1.69 bits per heavy atom. The topological polar surface area (TPSA) is 74.2 Å². The minimum atomic E-state index is -4.47. The highest BCUT2D eigenvalue weighted by Gasteiger charge is 2.34. The first kappa shape index (κ1) is 24.5. The van der Waals surface area contributed by atoms with Gasteiger partial charge in [0.15, 0.2) is 0 Å². The van der Waals surface area contributed by atoms with Crippen molar-refractivity contribution < 1.29 is 18.0 Å². The largest absolute Gasteiger partial charge is 0.416 e. The van der Waals surface area contributed by atoms with E-state index in [9.17, 15) is 22.8 Å². The number of carbonyl (C=O) groups is 1. The number of nitrogens with zero attached hydrogens (tertiary/aromatic N) is 4. The van der Waals surface area contributed by atoms with E-state index < -0.39 is 17.4 Å². The number of alkyl halides is 3. The molecule has 2 fully saturated rings. The van der Waals surface area contributed by atoms with E-state index in [2.05, 4.69) is 21.8 Å². The lowest BCUT2D eigenvalue weighted by Crippen LogP contribution is -2.46. The van der Waals surface area contributed by atoms with Gasteiger partial charge in [-0.25, -0.2) is 4.79 Å². The SMILES string of the molecule is CC(c1ccncc1)N1CCC(C(=O)N2CCC(n3c(=O)[nH]c4cc(C(F)(F)F)ccc43)CC2)CC1. The molecule has 1 aromatic carbocycles. The summed E-state index contributed by atoms with van der Waals surface area (Å²) in [6.07, 6.45) is 1.96. The highest BCUT2D eigenvalue weighted by molar-refractivity contribution is 5.79. The third-order valence-electron chi connectivity index (χ3n) is 7.80. The fourth-order valence-electron chi connectivity index (χ4n) is 5.66. The van der Waals surface area contributed by atoms with Crippen LogP contribution in [0.15, 0.2) is 47.5 Å². The minimum absolute atomic E-state index is 0.000888. The number of aromatic amines is 1. The quantitative estimate of drug-likeness (QED) is 0.576. The van der Waals surface area contributed by atoms with E-state index in [1.54, 1.807) is 17.0 Å². The van der Waals surface area contributed by atoms with E-state index >= 15 is 0 Å². The number of hydrogen-bond acceptors (Lipinski definition) is 4. The normalized spacial score (nSPS) is 19.6. The van der Waals surface area contributed by atoms with Crippen LogP contribution in [0, 0.1) is 5.92 Å². The number of piperidine rings is 2. The number of fused-ring (bicyclic) bond motifs is 1. The van der Waals surface area contributed by atoms with Gasteiger partial charge in [0, 0.05) is 43.5 Å². The lowest BCUT2D eigenvalue weighted by Gasteiger charge is -2.39. The van der Waals surface area contributed by atoms with E-state index in [0.717, 1.165) is 38.1 Å². The lowest BCUT2D eigenvalue weighted by atomic mass is 9.92. The Morgan fingerprint density at radius 1 is 1.03 bits per heavy atom. The van der Waals surface area contributed by atoms with Gasteiger partial charge >= 0.3 is 11.9 Å². The number of H-pyrrole nitrogens is 1. The van der Waals surface area contributed by atoms with Crippen LogP contribution in [0.25, 0.3) is 11.0 Å². The van der Waals surface area contributed by atoms with Gasteiger partial charge in [0.05, 0.1) is 16.6 Å². The molecular formula is C26H30F3N5O2. The van der Waals surface area contributed by atoms with Gasteiger partial charge in [-0.3, -0.25) is 19.2 Å². The Labute approximate surface area is 206 Å². The Bertz CT molecular complexity index is 1270. The molecule has 1 unspecified atom stereocenters. The van der Waals surface area contributed by atoms with Crippen molar-refractivity contribution in [3.8, 4) is 0 Å². The van der Waals surface area contributed by atoms with Crippen LogP contribution in [-0.4, -0.2) is 56.4 Å². The predicted octanol–water partition coefficient (Wildman–Crippen LogP) is 4.38. The Hall–Kier alpha value is -3.14. The first-order chi connectivity index (χ1) is 17.2. The molecule has 10 heteroatoms. The smallest absolute Gasteiger partial charge is 0.342 e. The van der Waals surface area contributed by atoms with Gasteiger partial charge in [-0.05, 0) is 81.6 Å². The minimum Gasteiger partial charge on any atom is -0.342 e. The number of carbonyl (C=O) groups excluding carboxylic acids is 1. The van der Waals surface area contributed by atoms with Crippen LogP contribution < -0.4 is 5.69 Å². The standard InChI is InChI=1S/C26H30F3N5O2/c1-17(18-4-10-30-11-5-18)32-12-6-19(7-13-32)24(35)33-14-8-21(9-15-33)34-23-3-2-20(26(27,28)29)16-22(23)31-25(34)36/h2-5,10-11,16-17,19,21H,6-9,12-15H2,1H3,(H,31,36). The summed E-state index contributed by atoms with van der Waals surface area (Å²) >= 11 is 0. The molecule has 192 valence electrons. The molecule has 36 heavy (non-hydrogen) atoms.